The van der Waals surface area contributed by atoms with Crippen LogP contribution in [0.25, 0.3) is 0 Å². The Hall–Kier alpha value is -4.48. The van der Waals surface area contributed by atoms with Crippen LogP contribution in [-0.2, 0) is 28.7 Å². The summed E-state index contributed by atoms with van der Waals surface area (Å²) < 4.78 is 12.9. The van der Waals surface area contributed by atoms with E-state index in [1.165, 1.54) is 0 Å². The van der Waals surface area contributed by atoms with Gasteiger partial charge in [0.05, 0.1) is 18.1 Å². The molecule has 272 valence electrons. The molecule has 4 aliphatic rings. The van der Waals surface area contributed by atoms with E-state index in [4.69, 9.17) is 9.47 Å². The van der Waals surface area contributed by atoms with Gasteiger partial charge in [0.1, 0.15) is 23.7 Å². The van der Waals surface area contributed by atoms with Crippen molar-refractivity contribution in [3.63, 3.8) is 0 Å². The first-order chi connectivity index (χ1) is 24.7. The van der Waals surface area contributed by atoms with Crippen LogP contribution >= 0.6 is 0 Å². The van der Waals surface area contributed by atoms with Crippen molar-refractivity contribution in [2.75, 3.05) is 42.6 Å². The molecule has 6 rings (SSSR count). The Bertz CT molecular complexity index is 1620. The number of nitrogens with one attached hydrogen (secondary N) is 1. The number of likely N-dealkylation sites (tertiary alicyclic amines) is 1. The van der Waals surface area contributed by atoms with Gasteiger partial charge in [0.2, 0.25) is 11.8 Å². The van der Waals surface area contributed by atoms with Gasteiger partial charge in [-0.15, -0.1) is 0 Å². The van der Waals surface area contributed by atoms with Gasteiger partial charge in [-0.25, -0.2) is 0 Å². The zero-order valence-electron chi connectivity index (χ0n) is 29.8. The van der Waals surface area contributed by atoms with Crippen molar-refractivity contribution in [1.82, 2.24) is 10.2 Å². The highest BCUT2D eigenvalue weighted by atomic mass is 16.6. The molecule has 1 spiro atoms. The van der Waals surface area contributed by atoms with E-state index >= 15 is 4.79 Å². The number of amides is 3. The van der Waals surface area contributed by atoms with Crippen LogP contribution in [0, 0.1) is 11.8 Å². The number of fused-ring (bicyclic) bond motifs is 2. The smallest absolute Gasteiger partial charge is 0.313 e. The SMILES string of the molecule is CCN(CC)c1ccc(N2C/C=C\CCC(=O)N[C@@H](C)[C@H](c3ccccc3)OC(=O)[C@@H]3[C@H]4C(=O)N(CCCCCO)[C@H](C2=O)[C@]42C=C[C@H]3O2)cc1. The van der Waals surface area contributed by atoms with E-state index in [0.717, 1.165) is 18.8 Å². The third-order valence-electron chi connectivity index (χ3n) is 10.7. The number of cyclic esters (lactones) is 1. The van der Waals surface area contributed by atoms with E-state index in [9.17, 15) is 19.5 Å². The molecule has 0 saturated carbocycles. The summed E-state index contributed by atoms with van der Waals surface area (Å²) >= 11 is 0. The molecule has 0 aromatic heterocycles. The lowest BCUT2D eigenvalue weighted by molar-refractivity contribution is -0.161. The molecule has 11 nitrogen and oxygen atoms in total. The zero-order chi connectivity index (χ0) is 36.1. The predicted molar refractivity (Wildman–Crippen MR) is 194 cm³/mol. The van der Waals surface area contributed by atoms with Crippen LogP contribution in [0.4, 0.5) is 11.4 Å². The van der Waals surface area contributed by atoms with Gasteiger partial charge in [0, 0.05) is 50.6 Å². The maximum atomic E-state index is 15.1. The van der Waals surface area contributed by atoms with Crippen LogP contribution in [0.5, 0.6) is 0 Å². The average molecular weight is 699 g/mol. The van der Waals surface area contributed by atoms with E-state index in [-0.39, 0.29) is 43.8 Å². The number of esters is 1. The van der Waals surface area contributed by atoms with Gasteiger partial charge in [0.15, 0.2) is 0 Å². The lowest BCUT2D eigenvalue weighted by Gasteiger charge is -2.36. The summed E-state index contributed by atoms with van der Waals surface area (Å²) in [4.78, 5) is 62.5. The number of ether oxygens (including phenoxy) is 2. The monoisotopic (exact) mass is 698 g/mol. The van der Waals surface area contributed by atoms with Crippen LogP contribution in [0.15, 0.2) is 78.9 Å². The lowest BCUT2D eigenvalue weighted by atomic mass is 9.74. The predicted octanol–water partition coefficient (Wildman–Crippen LogP) is 4.32. The summed E-state index contributed by atoms with van der Waals surface area (Å²) in [5, 5.41) is 12.4. The Balaban J connectivity index is 1.41. The minimum absolute atomic E-state index is 0.0371. The Kier molecular flexibility index (Phi) is 11.3. The number of nitrogens with zero attached hydrogens (tertiary/aromatic N) is 3. The third kappa shape index (κ3) is 7.06. The van der Waals surface area contributed by atoms with Gasteiger partial charge >= 0.3 is 5.97 Å². The molecule has 4 aliphatic heterocycles. The Morgan fingerprint density at radius 2 is 1.69 bits per heavy atom. The number of carbonyl (C=O) groups excluding carboxylic acids is 4. The summed E-state index contributed by atoms with van der Waals surface area (Å²) in [5.41, 5.74) is 1.05. The van der Waals surface area contributed by atoms with Crippen LogP contribution in [0.1, 0.15) is 64.5 Å². The maximum Gasteiger partial charge on any atom is 0.313 e. The second-order valence-electron chi connectivity index (χ2n) is 13.8. The van der Waals surface area contributed by atoms with E-state index in [1.54, 1.807) is 22.8 Å². The topological polar surface area (TPSA) is 129 Å². The van der Waals surface area contributed by atoms with Crippen LogP contribution in [-0.4, -0.2) is 90.3 Å². The largest absolute Gasteiger partial charge is 0.455 e. The molecule has 0 aliphatic carbocycles. The molecule has 11 heteroatoms. The fourth-order valence-electron chi connectivity index (χ4n) is 8.15. The van der Waals surface area contributed by atoms with Gasteiger partial charge in [0.25, 0.3) is 5.91 Å². The van der Waals surface area contributed by atoms with Crippen molar-refractivity contribution in [3.8, 4) is 0 Å². The van der Waals surface area contributed by atoms with E-state index in [2.05, 4.69) is 24.1 Å². The second kappa shape index (κ2) is 15.8. The molecule has 2 aromatic carbocycles. The molecule has 2 aromatic rings. The summed E-state index contributed by atoms with van der Waals surface area (Å²) in [5.74, 6) is -3.38. The van der Waals surface area contributed by atoms with Crippen LogP contribution in [0.3, 0.4) is 0 Å². The number of hydrogen-bond acceptors (Lipinski definition) is 8. The van der Waals surface area contributed by atoms with Gasteiger partial charge in [-0.1, -0.05) is 54.6 Å². The standard InChI is InChI=1S/C40H50N4O7/c1-4-42(5-2)29-18-20-30(21-19-29)43-24-12-7-11-17-32(46)41-27(3)35(28-15-9-6-10-16-28)50-39(49)33-31-22-23-40(51-31)34(33)37(47)44(36(40)38(43)48)25-13-8-14-26-45/h6-7,9-10,12,15-16,18-23,27,31,33-36,45H,4-5,8,11,13-14,17,24-26H2,1-3H3,(H,41,46)/b12-7-/t27-,31+,33-,34-,35+,36+,40-/m0/s1. The van der Waals surface area contributed by atoms with Crippen molar-refractivity contribution in [2.24, 2.45) is 11.8 Å². The molecule has 4 heterocycles. The minimum Gasteiger partial charge on any atom is -0.455 e. The second-order valence-corrected chi connectivity index (χ2v) is 13.8. The van der Waals surface area contributed by atoms with Gasteiger partial charge in [-0.3, -0.25) is 19.2 Å². The first kappa shape index (κ1) is 36.3. The number of aliphatic hydroxyl groups is 1. The van der Waals surface area contributed by atoms with Crippen molar-refractivity contribution in [3.05, 3.63) is 84.5 Å². The summed E-state index contributed by atoms with van der Waals surface area (Å²) in [7, 11) is 0. The molecule has 0 unspecified atom stereocenters. The summed E-state index contributed by atoms with van der Waals surface area (Å²) in [6.07, 6.45) is 8.29. The number of unbranched alkanes of at least 4 members (excludes halogenated alkanes) is 2. The molecule has 51 heavy (non-hydrogen) atoms. The Morgan fingerprint density at radius 1 is 0.941 bits per heavy atom. The fourth-order valence-corrected chi connectivity index (χ4v) is 8.15. The highest BCUT2D eigenvalue weighted by Gasteiger charge is 2.73. The van der Waals surface area contributed by atoms with Crippen molar-refractivity contribution in [1.29, 1.82) is 0 Å². The highest BCUT2D eigenvalue weighted by molar-refractivity contribution is 6.05. The zero-order valence-corrected chi connectivity index (χ0v) is 29.8. The number of allylic oxidation sites excluding steroid dienone is 1. The molecule has 2 saturated heterocycles. The quantitative estimate of drug-likeness (QED) is 0.214. The average Bonchev–Trinajstić information content (AvgIpc) is 3.78. The molecule has 3 amide bonds. The van der Waals surface area contributed by atoms with Gasteiger partial charge in [-0.2, -0.15) is 0 Å². The number of aliphatic hydroxyl groups excluding tert-OH is 1. The van der Waals surface area contributed by atoms with Crippen molar-refractivity contribution in [2.45, 2.75) is 82.8 Å². The number of hydrogen-bond donors (Lipinski definition) is 2. The van der Waals surface area contributed by atoms with Crippen molar-refractivity contribution < 1.29 is 33.8 Å². The summed E-state index contributed by atoms with van der Waals surface area (Å²) in [6.45, 7) is 8.19. The van der Waals surface area contributed by atoms with Crippen LogP contribution in [0.2, 0.25) is 0 Å². The molecule has 0 radical (unpaired) electrons. The van der Waals surface area contributed by atoms with E-state index in [1.807, 2.05) is 72.8 Å². The highest BCUT2D eigenvalue weighted by Crippen LogP contribution is 2.56. The van der Waals surface area contributed by atoms with Crippen molar-refractivity contribution >= 4 is 35.1 Å². The Labute approximate surface area is 300 Å². The molecule has 7 atom stereocenters. The molecule has 5 bridgehead atoms. The molecule has 2 fully saturated rings. The fraction of sp³-hybridized carbons (Fsp3) is 0.500. The number of rotatable bonds is 10. The molecular formula is C40H50N4O7. The molecule has 2 N–H and O–H groups in total. The Morgan fingerprint density at radius 3 is 2.39 bits per heavy atom. The normalized spacial score (nSPS) is 30.0. The summed E-state index contributed by atoms with van der Waals surface area (Å²) in [6, 6.07) is 15.5. The first-order valence-corrected chi connectivity index (χ1v) is 18.4. The maximum absolute atomic E-state index is 15.1. The third-order valence-corrected chi connectivity index (χ3v) is 10.7. The van der Waals surface area contributed by atoms with Gasteiger partial charge < -0.3 is 34.6 Å². The first-order valence-electron chi connectivity index (χ1n) is 18.4. The lowest BCUT2D eigenvalue weighted by Crippen LogP contribution is -2.56. The number of anilines is 2. The van der Waals surface area contributed by atoms with Gasteiger partial charge in [-0.05, 0) is 76.3 Å². The number of carbonyl (C=O) groups is 4. The van der Waals surface area contributed by atoms with E-state index in [0.29, 0.717) is 36.9 Å². The molecular weight excluding hydrogens is 648 g/mol. The number of benzene rings is 2. The minimum atomic E-state index is -1.36. The van der Waals surface area contributed by atoms with Crippen LogP contribution < -0.4 is 15.1 Å². The van der Waals surface area contributed by atoms with E-state index < -0.39 is 47.7 Å².